The van der Waals surface area contributed by atoms with E-state index in [4.69, 9.17) is 14.2 Å². The molecule has 0 aliphatic rings. The Morgan fingerprint density at radius 2 is 1.67 bits per heavy atom. The number of hydrogen-bond acceptors (Lipinski definition) is 5. The van der Waals surface area contributed by atoms with Crippen molar-refractivity contribution in [1.29, 1.82) is 0 Å². The number of aromatic amines is 1. The van der Waals surface area contributed by atoms with Crippen molar-refractivity contribution in [2.75, 3.05) is 26.6 Å². The molecule has 0 aliphatic carbocycles. The molecule has 2 aromatic carbocycles. The van der Waals surface area contributed by atoms with Crippen LogP contribution in [0.25, 0.3) is 11.3 Å². The maximum absolute atomic E-state index is 13.6. The summed E-state index contributed by atoms with van der Waals surface area (Å²) in [5, 5.41) is 9.47. The molecule has 3 rings (SSSR count). The van der Waals surface area contributed by atoms with Crippen LogP contribution in [0.4, 0.5) is 10.1 Å². The summed E-state index contributed by atoms with van der Waals surface area (Å²) in [5.41, 5.74) is 1.57. The van der Waals surface area contributed by atoms with Crippen molar-refractivity contribution in [2.45, 2.75) is 0 Å². The number of benzene rings is 2. The van der Waals surface area contributed by atoms with Gasteiger partial charge in [-0.1, -0.05) is 0 Å². The Bertz CT molecular complexity index is 971. The monoisotopic (exact) mass is 371 g/mol. The second kappa shape index (κ2) is 7.77. The topological polar surface area (TPSA) is 85.5 Å². The molecule has 0 bridgehead atoms. The summed E-state index contributed by atoms with van der Waals surface area (Å²) < 4.78 is 29.2. The van der Waals surface area contributed by atoms with Crippen molar-refractivity contribution < 1.29 is 23.4 Å². The van der Waals surface area contributed by atoms with Gasteiger partial charge >= 0.3 is 0 Å². The molecule has 0 spiro atoms. The van der Waals surface area contributed by atoms with Crippen LogP contribution in [0.3, 0.4) is 0 Å². The van der Waals surface area contributed by atoms with Crippen LogP contribution in [-0.2, 0) is 0 Å². The Hall–Kier alpha value is -3.55. The third-order valence-corrected chi connectivity index (χ3v) is 3.90. The largest absolute Gasteiger partial charge is 0.496 e. The van der Waals surface area contributed by atoms with Gasteiger partial charge in [0.15, 0.2) is 11.5 Å². The lowest BCUT2D eigenvalue weighted by Gasteiger charge is -2.10. The quantitative estimate of drug-likeness (QED) is 0.693. The van der Waals surface area contributed by atoms with E-state index in [0.717, 1.165) is 0 Å². The number of nitrogens with zero attached hydrogens (tertiary/aromatic N) is 1. The number of carbonyl (C=O) groups excluding carboxylic acids is 1. The van der Waals surface area contributed by atoms with Gasteiger partial charge < -0.3 is 19.5 Å². The molecule has 27 heavy (non-hydrogen) atoms. The molecule has 7 nitrogen and oxygen atoms in total. The summed E-state index contributed by atoms with van der Waals surface area (Å²) in [6.45, 7) is 0. The van der Waals surface area contributed by atoms with Crippen molar-refractivity contribution in [1.82, 2.24) is 10.2 Å². The predicted molar refractivity (Wildman–Crippen MR) is 98.0 cm³/mol. The van der Waals surface area contributed by atoms with Gasteiger partial charge in [-0.3, -0.25) is 9.89 Å². The molecule has 1 aromatic heterocycles. The molecule has 0 fully saturated rings. The average molecular weight is 371 g/mol. The number of carbonyl (C=O) groups is 1. The third kappa shape index (κ3) is 3.84. The maximum atomic E-state index is 13.6. The molecule has 0 atom stereocenters. The minimum absolute atomic E-state index is 0.214. The van der Waals surface area contributed by atoms with E-state index in [2.05, 4.69) is 15.5 Å². The summed E-state index contributed by atoms with van der Waals surface area (Å²) in [4.78, 5) is 12.5. The number of aromatic nitrogens is 2. The molecule has 0 saturated heterocycles. The van der Waals surface area contributed by atoms with Crippen LogP contribution < -0.4 is 19.5 Å². The van der Waals surface area contributed by atoms with Crippen LogP contribution in [0.2, 0.25) is 0 Å². The Kier molecular flexibility index (Phi) is 5.25. The lowest BCUT2D eigenvalue weighted by atomic mass is 10.1. The zero-order chi connectivity index (χ0) is 19.4. The minimum atomic E-state index is -0.426. The normalized spacial score (nSPS) is 10.4. The first-order valence-electron chi connectivity index (χ1n) is 7.98. The van der Waals surface area contributed by atoms with Gasteiger partial charge in [-0.25, -0.2) is 4.39 Å². The first kappa shape index (κ1) is 18.2. The molecule has 2 N–H and O–H groups in total. The third-order valence-electron chi connectivity index (χ3n) is 3.90. The lowest BCUT2D eigenvalue weighted by Crippen LogP contribution is -2.12. The summed E-state index contributed by atoms with van der Waals surface area (Å²) in [6.07, 6.45) is 0. The number of nitrogens with one attached hydrogen (secondary N) is 2. The van der Waals surface area contributed by atoms with E-state index in [1.807, 2.05) is 0 Å². The zero-order valence-corrected chi connectivity index (χ0v) is 15.0. The van der Waals surface area contributed by atoms with Crippen molar-refractivity contribution in [3.05, 3.63) is 54.0 Å². The van der Waals surface area contributed by atoms with Crippen LogP contribution in [-0.4, -0.2) is 37.4 Å². The number of H-pyrrole nitrogens is 1. The highest BCUT2D eigenvalue weighted by atomic mass is 19.1. The average Bonchev–Trinajstić information content (AvgIpc) is 3.18. The summed E-state index contributed by atoms with van der Waals surface area (Å²) in [5.74, 6) is 0.666. The van der Waals surface area contributed by atoms with E-state index in [1.54, 1.807) is 18.2 Å². The van der Waals surface area contributed by atoms with E-state index in [-0.39, 0.29) is 5.69 Å². The van der Waals surface area contributed by atoms with Crippen molar-refractivity contribution in [2.24, 2.45) is 0 Å². The first-order valence-corrected chi connectivity index (χ1v) is 7.98. The Morgan fingerprint density at radius 1 is 0.963 bits per heavy atom. The number of halogens is 1. The van der Waals surface area contributed by atoms with E-state index in [9.17, 15) is 9.18 Å². The summed E-state index contributed by atoms with van der Waals surface area (Å²) >= 11 is 0. The number of ether oxygens (including phenoxy) is 3. The summed E-state index contributed by atoms with van der Waals surface area (Å²) in [7, 11) is 4.52. The van der Waals surface area contributed by atoms with Gasteiger partial charge in [-0.2, -0.15) is 5.10 Å². The SMILES string of the molecule is COc1ccc(NC(=O)c2cc(-c3cc(F)ccc3OC)n[nH]2)cc1OC. The van der Waals surface area contributed by atoms with Gasteiger partial charge in [0.25, 0.3) is 5.91 Å². The van der Waals surface area contributed by atoms with E-state index < -0.39 is 11.7 Å². The fraction of sp³-hybridized carbons (Fsp3) is 0.158. The highest BCUT2D eigenvalue weighted by Crippen LogP contribution is 2.31. The molecular weight excluding hydrogens is 353 g/mol. The van der Waals surface area contributed by atoms with E-state index in [0.29, 0.717) is 34.2 Å². The van der Waals surface area contributed by atoms with Gasteiger partial charge in [0.05, 0.1) is 27.0 Å². The Morgan fingerprint density at radius 3 is 2.37 bits per heavy atom. The van der Waals surface area contributed by atoms with Crippen molar-refractivity contribution >= 4 is 11.6 Å². The van der Waals surface area contributed by atoms with E-state index >= 15 is 0 Å². The number of rotatable bonds is 6. The van der Waals surface area contributed by atoms with Crippen LogP contribution in [0.1, 0.15) is 10.5 Å². The van der Waals surface area contributed by atoms with Gasteiger partial charge in [0.2, 0.25) is 0 Å². The number of methoxy groups -OCH3 is 3. The van der Waals surface area contributed by atoms with Gasteiger partial charge in [0, 0.05) is 17.3 Å². The van der Waals surface area contributed by atoms with Gasteiger partial charge in [-0.05, 0) is 36.4 Å². The molecule has 1 amide bonds. The molecule has 1 heterocycles. The molecule has 0 unspecified atom stereocenters. The van der Waals surface area contributed by atoms with Crippen LogP contribution in [0.15, 0.2) is 42.5 Å². The Balaban J connectivity index is 1.83. The minimum Gasteiger partial charge on any atom is -0.496 e. The number of amides is 1. The van der Waals surface area contributed by atoms with Crippen molar-refractivity contribution in [3.8, 4) is 28.5 Å². The van der Waals surface area contributed by atoms with Gasteiger partial charge in [0.1, 0.15) is 17.3 Å². The molecule has 0 aliphatic heterocycles. The van der Waals surface area contributed by atoms with Crippen LogP contribution in [0.5, 0.6) is 17.2 Å². The number of anilines is 1. The first-order chi connectivity index (χ1) is 13.0. The smallest absolute Gasteiger partial charge is 0.273 e. The highest BCUT2D eigenvalue weighted by molar-refractivity contribution is 6.03. The maximum Gasteiger partial charge on any atom is 0.273 e. The van der Waals surface area contributed by atoms with Crippen LogP contribution >= 0.6 is 0 Å². The predicted octanol–water partition coefficient (Wildman–Crippen LogP) is 3.49. The van der Waals surface area contributed by atoms with Crippen LogP contribution in [0, 0.1) is 5.82 Å². The molecule has 8 heteroatoms. The van der Waals surface area contributed by atoms with E-state index in [1.165, 1.54) is 45.6 Å². The fourth-order valence-corrected chi connectivity index (χ4v) is 2.57. The van der Waals surface area contributed by atoms with Crippen molar-refractivity contribution in [3.63, 3.8) is 0 Å². The molecular formula is C19H18FN3O4. The Labute approximate surface area is 155 Å². The summed E-state index contributed by atoms with van der Waals surface area (Å²) in [6, 6.07) is 10.6. The highest BCUT2D eigenvalue weighted by Gasteiger charge is 2.15. The standard InChI is InChI=1S/C19H18FN3O4/c1-25-16-6-4-11(20)8-13(16)14-10-15(23-22-14)19(24)21-12-5-7-17(26-2)18(9-12)27-3/h4-10H,1-3H3,(H,21,24)(H,22,23). The fourth-order valence-electron chi connectivity index (χ4n) is 2.57. The second-order valence-electron chi connectivity index (χ2n) is 5.54. The second-order valence-corrected chi connectivity index (χ2v) is 5.54. The molecule has 0 radical (unpaired) electrons. The van der Waals surface area contributed by atoms with Gasteiger partial charge in [-0.15, -0.1) is 0 Å². The lowest BCUT2D eigenvalue weighted by molar-refractivity contribution is 0.102. The molecule has 140 valence electrons. The number of hydrogen-bond donors (Lipinski definition) is 2. The zero-order valence-electron chi connectivity index (χ0n) is 15.0. The molecule has 3 aromatic rings. The molecule has 0 saturated carbocycles.